The molecule has 0 saturated heterocycles. The van der Waals surface area contributed by atoms with E-state index < -0.39 is 0 Å². The Morgan fingerprint density at radius 2 is 1.79 bits per heavy atom. The molecule has 5 nitrogen and oxygen atoms in total. The van der Waals surface area contributed by atoms with Gasteiger partial charge in [0.05, 0.1) is 0 Å². The predicted molar refractivity (Wildman–Crippen MR) is 94.7 cm³/mol. The van der Waals surface area contributed by atoms with Crippen molar-refractivity contribution in [3.63, 3.8) is 0 Å². The third kappa shape index (κ3) is 5.37. The average molecular weight is 347 g/mol. The van der Waals surface area contributed by atoms with Crippen LogP contribution in [0.3, 0.4) is 0 Å². The van der Waals surface area contributed by atoms with Gasteiger partial charge in [0.15, 0.2) is 0 Å². The van der Waals surface area contributed by atoms with Crippen LogP contribution in [0.1, 0.15) is 27.1 Å². The van der Waals surface area contributed by atoms with Crippen LogP contribution < -0.4 is 10.6 Å². The maximum Gasteiger partial charge on any atom is 0.255 e. The van der Waals surface area contributed by atoms with E-state index in [-0.39, 0.29) is 11.8 Å². The normalized spacial score (nSPS) is 10.2. The molecule has 0 aliphatic heterocycles. The van der Waals surface area contributed by atoms with E-state index in [0.717, 1.165) is 6.42 Å². The number of carbonyl (C=O) groups excluding carboxylic acids is 2. The van der Waals surface area contributed by atoms with Crippen LogP contribution in [-0.2, 0) is 4.74 Å². The highest BCUT2D eigenvalue weighted by atomic mass is 35.5. The Hall–Kier alpha value is -2.37. The van der Waals surface area contributed by atoms with Gasteiger partial charge in [0.2, 0.25) is 0 Å². The Balaban J connectivity index is 1.98. The largest absolute Gasteiger partial charge is 0.385 e. The smallest absolute Gasteiger partial charge is 0.255 e. The second-order valence-corrected chi connectivity index (χ2v) is 5.58. The lowest BCUT2D eigenvalue weighted by Crippen LogP contribution is -2.25. The van der Waals surface area contributed by atoms with Crippen molar-refractivity contribution < 1.29 is 14.3 Å². The van der Waals surface area contributed by atoms with E-state index in [1.807, 2.05) is 0 Å². The lowest BCUT2D eigenvalue weighted by Gasteiger charge is -2.08. The highest BCUT2D eigenvalue weighted by molar-refractivity contribution is 6.30. The van der Waals surface area contributed by atoms with Crippen LogP contribution in [0, 0.1) is 0 Å². The molecule has 2 aromatic carbocycles. The van der Waals surface area contributed by atoms with Gasteiger partial charge in [0, 0.05) is 42.1 Å². The van der Waals surface area contributed by atoms with Gasteiger partial charge in [-0.3, -0.25) is 9.59 Å². The lowest BCUT2D eigenvalue weighted by molar-refractivity contribution is 0.0947. The van der Waals surface area contributed by atoms with Crippen LogP contribution in [0.25, 0.3) is 0 Å². The first-order valence-corrected chi connectivity index (χ1v) is 7.92. The third-order valence-electron chi connectivity index (χ3n) is 3.30. The highest BCUT2D eigenvalue weighted by Crippen LogP contribution is 2.14. The summed E-state index contributed by atoms with van der Waals surface area (Å²) in [5.41, 5.74) is 1.54. The van der Waals surface area contributed by atoms with Crippen LogP contribution in [0.5, 0.6) is 0 Å². The number of ether oxygens (including phenoxy) is 1. The number of halogens is 1. The number of methoxy groups -OCH3 is 1. The summed E-state index contributed by atoms with van der Waals surface area (Å²) in [6.45, 7) is 1.13. The molecule has 0 radical (unpaired) electrons. The van der Waals surface area contributed by atoms with Crippen molar-refractivity contribution in [3.05, 3.63) is 64.7 Å². The number of anilines is 1. The van der Waals surface area contributed by atoms with Gasteiger partial charge in [-0.25, -0.2) is 0 Å². The van der Waals surface area contributed by atoms with Gasteiger partial charge < -0.3 is 15.4 Å². The Labute approximate surface area is 146 Å². The first-order chi connectivity index (χ1) is 11.6. The fourth-order valence-electron chi connectivity index (χ4n) is 2.06. The number of amides is 2. The van der Waals surface area contributed by atoms with Crippen molar-refractivity contribution in [2.75, 3.05) is 25.6 Å². The van der Waals surface area contributed by atoms with Crippen molar-refractivity contribution in [2.24, 2.45) is 0 Å². The number of rotatable bonds is 7. The Kier molecular flexibility index (Phi) is 6.78. The molecule has 0 bridgehead atoms. The molecule has 0 heterocycles. The zero-order valence-corrected chi connectivity index (χ0v) is 14.1. The Bertz CT molecular complexity index is 702. The summed E-state index contributed by atoms with van der Waals surface area (Å²) in [5, 5.41) is 6.14. The van der Waals surface area contributed by atoms with Gasteiger partial charge >= 0.3 is 0 Å². The molecule has 126 valence electrons. The molecule has 2 rings (SSSR count). The average Bonchev–Trinajstić information content (AvgIpc) is 2.59. The van der Waals surface area contributed by atoms with E-state index in [9.17, 15) is 9.59 Å². The molecule has 6 heteroatoms. The number of nitrogens with one attached hydrogen (secondary N) is 2. The van der Waals surface area contributed by atoms with Crippen molar-refractivity contribution >= 4 is 29.1 Å². The maximum absolute atomic E-state index is 12.2. The second-order valence-electron chi connectivity index (χ2n) is 5.14. The van der Waals surface area contributed by atoms with Crippen LogP contribution >= 0.6 is 11.6 Å². The summed E-state index contributed by atoms with van der Waals surface area (Å²) >= 11 is 5.81. The number of carbonyl (C=O) groups is 2. The molecular formula is C18H19ClN2O3. The number of hydrogen-bond acceptors (Lipinski definition) is 3. The summed E-state index contributed by atoms with van der Waals surface area (Å²) in [6.07, 6.45) is 0.745. The molecule has 0 saturated carbocycles. The summed E-state index contributed by atoms with van der Waals surface area (Å²) in [6, 6.07) is 13.4. The van der Waals surface area contributed by atoms with E-state index in [1.165, 1.54) is 0 Å². The summed E-state index contributed by atoms with van der Waals surface area (Å²) in [4.78, 5) is 24.3. The molecular weight excluding hydrogens is 328 g/mol. The minimum atomic E-state index is -0.260. The predicted octanol–water partition coefficient (Wildman–Crippen LogP) is 3.36. The Morgan fingerprint density at radius 1 is 1.04 bits per heavy atom. The maximum atomic E-state index is 12.2. The van der Waals surface area contributed by atoms with Crippen LogP contribution in [0.2, 0.25) is 5.02 Å². The van der Waals surface area contributed by atoms with E-state index in [1.54, 1.807) is 55.6 Å². The van der Waals surface area contributed by atoms with Crippen LogP contribution in [0.4, 0.5) is 5.69 Å². The molecule has 0 aromatic heterocycles. The monoisotopic (exact) mass is 346 g/mol. The third-order valence-corrected chi connectivity index (χ3v) is 3.55. The minimum absolute atomic E-state index is 0.186. The molecule has 2 amide bonds. The molecule has 24 heavy (non-hydrogen) atoms. The topological polar surface area (TPSA) is 67.4 Å². The van der Waals surface area contributed by atoms with Gasteiger partial charge in [-0.15, -0.1) is 0 Å². The summed E-state index contributed by atoms with van der Waals surface area (Å²) in [7, 11) is 1.62. The fraction of sp³-hybridized carbons (Fsp3) is 0.222. The minimum Gasteiger partial charge on any atom is -0.385 e. The molecule has 2 aromatic rings. The molecule has 0 unspecified atom stereocenters. The van der Waals surface area contributed by atoms with Crippen molar-refractivity contribution in [3.8, 4) is 0 Å². The zero-order chi connectivity index (χ0) is 17.4. The lowest BCUT2D eigenvalue weighted by atomic mass is 10.1. The molecule has 0 aliphatic rings. The van der Waals surface area contributed by atoms with Crippen molar-refractivity contribution in [1.82, 2.24) is 5.32 Å². The van der Waals surface area contributed by atoms with Gasteiger partial charge in [0.25, 0.3) is 11.8 Å². The molecule has 0 fully saturated rings. The standard InChI is InChI=1S/C18H19ClN2O3/c1-24-11-3-10-20-17(22)14-4-2-5-16(12-14)21-18(23)13-6-8-15(19)9-7-13/h2,4-9,12H,3,10-11H2,1H3,(H,20,22)(H,21,23). The van der Waals surface area contributed by atoms with E-state index in [4.69, 9.17) is 16.3 Å². The molecule has 0 spiro atoms. The van der Waals surface area contributed by atoms with Gasteiger partial charge in [-0.05, 0) is 48.9 Å². The number of benzene rings is 2. The summed E-state index contributed by atoms with van der Waals surface area (Å²) < 4.78 is 4.93. The van der Waals surface area contributed by atoms with Crippen molar-refractivity contribution in [2.45, 2.75) is 6.42 Å². The molecule has 0 atom stereocenters. The highest BCUT2D eigenvalue weighted by Gasteiger charge is 2.09. The van der Waals surface area contributed by atoms with E-state index >= 15 is 0 Å². The second kappa shape index (κ2) is 9.05. The van der Waals surface area contributed by atoms with Gasteiger partial charge in [0.1, 0.15) is 0 Å². The van der Waals surface area contributed by atoms with E-state index in [0.29, 0.717) is 35.0 Å². The van der Waals surface area contributed by atoms with Crippen LogP contribution in [-0.4, -0.2) is 32.1 Å². The number of hydrogen-bond donors (Lipinski definition) is 2. The molecule has 0 aliphatic carbocycles. The van der Waals surface area contributed by atoms with Crippen molar-refractivity contribution in [1.29, 1.82) is 0 Å². The van der Waals surface area contributed by atoms with Crippen LogP contribution in [0.15, 0.2) is 48.5 Å². The van der Waals surface area contributed by atoms with E-state index in [2.05, 4.69) is 10.6 Å². The van der Waals surface area contributed by atoms with Gasteiger partial charge in [-0.1, -0.05) is 17.7 Å². The first kappa shape index (κ1) is 18.0. The summed E-state index contributed by atoms with van der Waals surface area (Å²) in [5.74, 6) is -0.446. The fourth-order valence-corrected chi connectivity index (χ4v) is 2.19. The first-order valence-electron chi connectivity index (χ1n) is 7.54. The molecule has 2 N–H and O–H groups in total. The van der Waals surface area contributed by atoms with Gasteiger partial charge in [-0.2, -0.15) is 0 Å². The quantitative estimate of drug-likeness (QED) is 0.755. The SMILES string of the molecule is COCCCNC(=O)c1cccc(NC(=O)c2ccc(Cl)cc2)c1. The zero-order valence-electron chi connectivity index (χ0n) is 13.3. The Morgan fingerprint density at radius 3 is 2.50 bits per heavy atom.